The zero-order chi connectivity index (χ0) is 13.7. The summed E-state index contributed by atoms with van der Waals surface area (Å²) in [5, 5.41) is 10.5. The molecular weight excluding hydrogens is 242 g/mol. The van der Waals surface area contributed by atoms with Crippen molar-refractivity contribution in [2.75, 3.05) is 0 Å². The second-order valence-corrected chi connectivity index (χ2v) is 4.21. The summed E-state index contributed by atoms with van der Waals surface area (Å²) in [6, 6.07) is 15.4. The number of rotatable bonds is 5. The second-order valence-electron chi connectivity index (χ2n) is 4.21. The topological polar surface area (TPSA) is 60.2 Å². The maximum atomic E-state index is 11.9. The van der Waals surface area contributed by atoms with Crippen molar-refractivity contribution in [2.45, 2.75) is 12.8 Å². The van der Waals surface area contributed by atoms with E-state index in [1.165, 1.54) is 12.1 Å². The normalized spacial score (nSPS) is 10.1. The quantitative estimate of drug-likeness (QED) is 0.467. The maximum absolute atomic E-state index is 11.9. The van der Waals surface area contributed by atoms with Gasteiger partial charge in [0.1, 0.15) is 0 Å². The van der Waals surface area contributed by atoms with Crippen LogP contribution < -0.4 is 0 Å². The van der Waals surface area contributed by atoms with Crippen molar-refractivity contribution < 1.29 is 9.72 Å². The molecule has 2 aromatic carbocycles. The highest BCUT2D eigenvalue weighted by molar-refractivity contribution is 5.96. The van der Waals surface area contributed by atoms with Crippen molar-refractivity contribution in [3.05, 3.63) is 75.8 Å². The van der Waals surface area contributed by atoms with Gasteiger partial charge in [0.15, 0.2) is 5.78 Å². The summed E-state index contributed by atoms with van der Waals surface area (Å²) >= 11 is 0. The molecule has 0 spiro atoms. The number of non-ortho nitro benzene ring substituents is 1. The molecule has 0 bridgehead atoms. The van der Waals surface area contributed by atoms with Crippen molar-refractivity contribution in [1.82, 2.24) is 0 Å². The van der Waals surface area contributed by atoms with E-state index in [9.17, 15) is 14.9 Å². The van der Waals surface area contributed by atoms with E-state index in [0.29, 0.717) is 18.4 Å². The van der Waals surface area contributed by atoms with E-state index in [1.807, 2.05) is 18.2 Å². The standard InChI is InChI=1S/C15H13NO3/c17-15(13-4-2-1-3-5-13)11-8-12-6-9-14(10-7-12)16(18)19/h1-7,9-10H,8,11H2. The number of ketones is 1. The van der Waals surface area contributed by atoms with E-state index >= 15 is 0 Å². The van der Waals surface area contributed by atoms with Gasteiger partial charge in [0, 0.05) is 24.1 Å². The van der Waals surface area contributed by atoms with Crippen LogP contribution in [-0.2, 0) is 6.42 Å². The Balaban J connectivity index is 1.95. The zero-order valence-corrected chi connectivity index (χ0v) is 10.3. The Kier molecular flexibility index (Phi) is 4.03. The minimum absolute atomic E-state index is 0.0677. The molecule has 4 nitrogen and oxygen atoms in total. The number of nitrogens with zero attached hydrogens (tertiary/aromatic N) is 1. The van der Waals surface area contributed by atoms with Crippen LogP contribution in [0.2, 0.25) is 0 Å². The summed E-state index contributed by atoms with van der Waals surface area (Å²) < 4.78 is 0. The maximum Gasteiger partial charge on any atom is 0.269 e. The molecule has 0 heterocycles. The van der Waals surface area contributed by atoms with Crippen LogP contribution in [0.5, 0.6) is 0 Å². The first-order valence-electron chi connectivity index (χ1n) is 5.98. The van der Waals surface area contributed by atoms with E-state index in [1.54, 1.807) is 24.3 Å². The first kappa shape index (κ1) is 13.0. The van der Waals surface area contributed by atoms with Crippen LogP contribution >= 0.6 is 0 Å². The van der Waals surface area contributed by atoms with Crippen LogP contribution in [0.4, 0.5) is 5.69 Å². The monoisotopic (exact) mass is 255 g/mol. The third-order valence-corrected chi connectivity index (χ3v) is 2.88. The van der Waals surface area contributed by atoms with Crippen LogP contribution in [0.15, 0.2) is 54.6 Å². The predicted molar refractivity (Wildman–Crippen MR) is 72.2 cm³/mol. The molecule has 0 N–H and O–H groups in total. The number of nitro benzene ring substituents is 1. The second kappa shape index (κ2) is 5.91. The Morgan fingerprint density at radius 2 is 1.63 bits per heavy atom. The molecule has 2 rings (SSSR count). The van der Waals surface area contributed by atoms with Crippen molar-refractivity contribution in [2.24, 2.45) is 0 Å². The van der Waals surface area contributed by atoms with Gasteiger partial charge in [0.05, 0.1) is 4.92 Å². The first-order valence-corrected chi connectivity index (χ1v) is 5.98. The molecule has 2 aromatic rings. The summed E-state index contributed by atoms with van der Waals surface area (Å²) in [5.41, 5.74) is 1.69. The fourth-order valence-electron chi connectivity index (χ4n) is 1.81. The number of carbonyl (C=O) groups is 1. The molecule has 19 heavy (non-hydrogen) atoms. The molecule has 0 aliphatic heterocycles. The highest BCUT2D eigenvalue weighted by atomic mass is 16.6. The highest BCUT2D eigenvalue weighted by Gasteiger charge is 2.07. The van der Waals surface area contributed by atoms with E-state index in [-0.39, 0.29) is 11.5 Å². The average Bonchev–Trinajstić information content (AvgIpc) is 2.46. The molecule has 0 saturated carbocycles. The number of nitro groups is 1. The highest BCUT2D eigenvalue weighted by Crippen LogP contribution is 2.14. The number of Topliss-reactive ketones (excluding diaryl/α,β-unsaturated/α-hetero) is 1. The summed E-state index contributed by atoms with van der Waals surface area (Å²) in [5.74, 6) is 0.0824. The molecule has 0 unspecified atom stereocenters. The lowest BCUT2D eigenvalue weighted by Gasteiger charge is -2.01. The summed E-state index contributed by atoms with van der Waals surface area (Å²) in [7, 11) is 0. The van der Waals surface area contributed by atoms with Crippen molar-refractivity contribution in [3.8, 4) is 0 Å². The Labute approximate surface area is 110 Å². The number of carbonyl (C=O) groups excluding carboxylic acids is 1. The third kappa shape index (κ3) is 3.48. The molecule has 0 amide bonds. The lowest BCUT2D eigenvalue weighted by atomic mass is 10.0. The minimum atomic E-state index is -0.432. The molecule has 0 aromatic heterocycles. The van der Waals surface area contributed by atoms with Gasteiger partial charge in [-0.1, -0.05) is 42.5 Å². The number of hydrogen-bond acceptors (Lipinski definition) is 3. The molecule has 96 valence electrons. The van der Waals surface area contributed by atoms with Crippen LogP contribution in [-0.4, -0.2) is 10.7 Å². The van der Waals surface area contributed by atoms with Crippen molar-refractivity contribution in [1.29, 1.82) is 0 Å². The molecule has 0 fully saturated rings. The van der Waals surface area contributed by atoms with Gasteiger partial charge in [0.2, 0.25) is 0 Å². The largest absolute Gasteiger partial charge is 0.294 e. The number of benzene rings is 2. The molecule has 0 atom stereocenters. The van der Waals surface area contributed by atoms with Crippen molar-refractivity contribution in [3.63, 3.8) is 0 Å². The van der Waals surface area contributed by atoms with Crippen molar-refractivity contribution >= 4 is 11.5 Å². The third-order valence-electron chi connectivity index (χ3n) is 2.88. The summed E-state index contributed by atoms with van der Waals surface area (Å²) in [6.07, 6.45) is 0.994. The van der Waals surface area contributed by atoms with Gasteiger partial charge in [-0.15, -0.1) is 0 Å². The van der Waals surface area contributed by atoms with Crippen LogP contribution in [0.25, 0.3) is 0 Å². The predicted octanol–water partition coefficient (Wildman–Crippen LogP) is 3.41. The van der Waals surface area contributed by atoms with Gasteiger partial charge >= 0.3 is 0 Å². The first-order chi connectivity index (χ1) is 9.16. The Hall–Kier alpha value is -2.49. The zero-order valence-electron chi connectivity index (χ0n) is 10.3. The van der Waals surface area contributed by atoms with Gasteiger partial charge in [0.25, 0.3) is 5.69 Å². The Bertz CT molecular complexity index is 576. The van der Waals surface area contributed by atoms with E-state index in [0.717, 1.165) is 5.56 Å². The fraction of sp³-hybridized carbons (Fsp3) is 0.133. The van der Waals surface area contributed by atoms with E-state index < -0.39 is 4.92 Å². The van der Waals surface area contributed by atoms with Gasteiger partial charge in [-0.25, -0.2) is 0 Å². The van der Waals surface area contributed by atoms with E-state index in [4.69, 9.17) is 0 Å². The van der Waals surface area contributed by atoms with Crippen LogP contribution in [0.3, 0.4) is 0 Å². The number of aryl methyl sites for hydroxylation is 1. The Morgan fingerprint density at radius 3 is 2.21 bits per heavy atom. The molecule has 0 saturated heterocycles. The fourth-order valence-corrected chi connectivity index (χ4v) is 1.81. The van der Waals surface area contributed by atoms with Crippen LogP contribution in [0.1, 0.15) is 22.3 Å². The SMILES string of the molecule is O=C(CCc1ccc([N+](=O)[O-])cc1)c1ccccc1. The summed E-state index contributed by atoms with van der Waals surface area (Å²) in [6.45, 7) is 0. The van der Waals surface area contributed by atoms with Gasteiger partial charge < -0.3 is 0 Å². The van der Waals surface area contributed by atoms with Gasteiger partial charge in [-0.3, -0.25) is 14.9 Å². The lowest BCUT2D eigenvalue weighted by molar-refractivity contribution is -0.384. The molecular formula is C15H13NO3. The van der Waals surface area contributed by atoms with E-state index in [2.05, 4.69) is 0 Å². The Morgan fingerprint density at radius 1 is 1.00 bits per heavy atom. The molecule has 0 radical (unpaired) electrons. The molecule has 0 aliphatic rings. The number of hydrogen-bond donors (Lipinski definition) is 0. The lowest BCUT2D eigenvalue weighted by Crippen LogP contribution is -2.00. The van der Waals surface area contributed by atoms with Crippen LogP contribution in [0, 0.1) is 10.1 Å². The summed E-state index contributed by atoms with van der Waals surface area (Å²) in [4.78, 5) is 22.0. The molecule has 4 heteroatoms. The minimum Gasteiger partial charge on any atom is -0.294 e. The average molecular weight is 255 g/mol. The van der Waals surface area contributed by atoms with Gasteiger partial charge in [-0.05, 0) is 12.0 Å². The smallest absolute Gasteiger partial charge is 0.269 e. The molecule has 0 aliphatic carbocycles. The van der Waals surface area contributed by atoms with Gasteiger partial charge in [-0.2, -0.15) is 0 Å².